The smallest absolute Gasteiger partial charge is 0.251 e. The van der Waals surface area contributed by atoms with Crippen LogP contribution in [0.4, 0.5) is 8.78 Å². The second-order valence-corrected chi connectivity index (χ2v) is 3.13. The number of likely N-dealkylation sites (N-methyl/N-ethyl adjacent to an activating group) is 1. The zero-order valence-corrected chi connectivity index (χ0v) is 8.07. The Hall–Kier alpha value is -0.290. The summed E-state index contributed by atoms with van der Waals surface area (Å²) in [6, 6.07) is -0.214. The van der Waals surface area contributed by atoms with Crippen LogP contribution in [-0.4, -0.2) is 35.9 Å². The molecule has 0 fully saturated rings. The second-order valence-electron chi connectivity index (χ2n) is 2.66. The fraction of sp³-hybridized carbons (Fsp3) is 0.857. The van der Waals surface area contributed by atoms with E-state index in [1.54, 1.807) is 7.05 Å². The minimum atomic E-state index is -2.33. The first kappa shape index (κ1) is 11.7. The molecule has 0 aromatic heterocycles. The van der Waals surface area contributed by atoms with Crippen LogP contribution in [0, 0.1) is 0 Å². The third-order valence-corrected chi connectivity index (χ3v) is 1.95. The molecule has 5 heteroatoms. The number of thiocarbonyl (C=S) groups is 1. The van der Waals surface area contributed by atoms with Crippen molar-refractivity contribution in [3.05, 3.63) is 0 Å². The Kier molecular flexibility index (Phi) is 5.24. The van der Waals surface area contributed by atoms with E-state index in [0.29, 0.717) is 6.42 Å². The monoisotopic (exact) mass is 196 g/mol. The van der Waals surface area contributed by atoms with E-state index in [4.69, 9.17) is 18.0 Å². The van der Waals surface area contributed by atoms with Gasteiger partial charge in [0.25, 0.3) is 6.43 Å². The van der Waals surface area contributed by atoms with Crippen LogP contribution >= 0.6 is 12.2 Å². The summed E-state index contributed by atoms with van der Waals surface area (Å²) in [5.41, 5.74) is 5.37. The molecule has 0 aliphatic carbocycles. The van der Waals surface area contributed by atoms with Gasteiger partial charge in [-0.1, -0.05) is 19.1 Å². The van der Waals surface area contributed by atoms with Crippen LogP contribution in [0.3, 0.4) is 0 Å². The van der Waals surface area contributed by atoms with Gasteiger partial charge < -0.3 is 5.73 Å². The first-order valence-corrected chi connectivity index (χ1v) is 4.17. The Bertz CT molecular complexity index is 152. The van der Waals surface area contributed by atoms with E-state index < -0.39 is 6.43 Å². The van der Waals surface area contributed by atoms with Crippen LogP contribution in [0.1, 0.15) is 13.3 Å². The molecule has 0 spiro atoms. The van der Waals surface area contributed by atoms with Gasteiger partial charge in [0.2, 0.25) is 0 Å². The van der Waals surface area contributed by atoms with E-state index in [0.717, 1.165) is 0 Å². The molecule has 12 heavy (non-hydrogen) atoms. The predicted octanol–water partition coefficient (Wildman–Crippen LogP) is 1.25. The molecule has 1 atom stereocenters. The standard InChI is InChI=1S/C7H14F2N2S/c1-3-5(7(10)12)11(2)4-6(8)9/h5-6H,3-4H2,1-2H3,(H2,10,12). The molecule has 0 heterocycles. The summed E-state index contributed by atoms with van der Waals surface area (Å²) < 4.78 is 23.8. The Balaban J connectivity index is 4.02. The number of nitrogens with zero attached hydrogens (tertiary/aromatic N) is 1. The minimum Gasteiger partial charge on any atom is -0.392 e. The van der Waals surface area contributed by atoms with Gasteiger partial charge in [-0.05, 0) is 13.5 Å². The molecule has 72 valence electrons. The highest BCUT2D eigenvalue weighted by molar-refractivity contribution is 7.80. The van der Waals surface area contributed by atoms with Crippen LogP contribution in [-0.2, 0) is 0 Å². The number of alkyl halides is 2. The Morgan fingerprint density at radius 2 is 2.08 bits per heavy atom. The molecule has 2 N–H and O–H groups in total. The van der Waals surface area contributed by atoms with Gasteiger partial charge in [0.1, 0.15) is 0 Å². The predicted molar refractivity (Wildman–Crippen MR) is 49.5 cm³/mol. The van der Waals surface area contributed by atoms with Crippen LogP contribution in [0.2, 0.25) is 0 Å². The Labute approximate surface area is 76.7 Å². The lowest BCUT2D eigenvalue weighted by Crippen LogP contribution is -2.43. The van der Waals surface area contributed by atoms with Crippen molar-refractivity contribution in [2.45, 2.75) is 25.8 Å². The molecule has 0 radical (unpaired) electrons. The van der Waals surface area contributed by atoms with E-state index in [1.807, 2.05) is 6.92 Å². The average Bonchev–Trinajstić information content (AvgIpc) is 1.85. The summed E-state index contributed by atoms with van der Waals surface area (Å²) in [5.74, 6) is 0. The first-order valence-electron chi connectivity index (χ1n) is 3.76. The fourth-order valence-corrected chi connectivity index (χ4v) is 1.42. The molecule has 0 aliphatic heterocycles. The molecule has 0 aromatic carbocycles. The van der Waals surface area contributed by atoms with Crippen molar-refractivity contribution < 1.29 is 8.78 Å². The maximum absolute atomic E-state index is 11.9. The molecule has 0 rings (SSSR count). The number of hydrogen-bond acceptors (Lipinski definition) is 2. The van der Waals surface area contributed by atoms with E-state index in [2.05, 4.69) is 0 Å². The van der Waals surface area contributed by atoms with Crippen LogP contribution in [0.5, 0.6) is 0 Å². The molecule has 0 aliphatic rings. The number of hydrogen-bond donors (Lipinski definition) is 1. The molecular formula is C7H14F2N2S. The molecule has 0 saturated carbocycles. The van der Waals surface area contributed by atoms with Gasteiger partial charge in [-0.25, -0.2) is 8.78 Å². The zero-order valence-electron chi connectivity index (χ0n) is 7.26. The quantitative estimate of drug-likeness (QED) is 0.671. The molecule has 1 unspecified atom stereocenters. The number of rotatable bonds is 5. The maximum Gasteiger partial charge on any atom is 0.251 e. The number of nitrogens with two attached hydrogens (primary N) is 1. The highest BCUT2D eigenvalue weighted by atomic mass is 32.1. The van der Waals surface area contributed by atoms with Crippen LogP contribution in [0.25, 0.3) is 0 Å². The topological polar surface area (TPSA) is 29.3 Å². The maximum atomic E-state index is 11.9. The van der Waals surface area contributed by atoms with Gasteiger partial charge >= 0.3 is 0 Å². The second kappa shape index (κ2) is 5.37. The lowest BCUT2D eigenvalue weighted by molar-refractivity contribution is 0.0922. The summed E-state index contributed by atoms with van der Waals surface area (Å²) in [7, 11) is 1.60. The lowest BCUT2D eigenvalue weighted by Gasteiger charge is -2.25. The van der Waals surface area contributed by atoms with E-state index in [9.17, 15) is 8.78 Å². The molecule has 2 nitrogen and oxygen atoms in total. The number of halogens is 2. The van der Waals surface area contributed by atoms with Gasteiger partial charge in [0.15, 0.2) is 0 Å². The van der Waals surface area contributed by atoms with E-state index in [1.165, 1.54) is 4.90 Å². The minimum absolute atomic E-state index is 0.214. The molecule has 0 amide bonds. The molecule has 0 bridgehead atoms. The zero-order chi connectivity index (χ0) is 9.72. The largest absolute Gasteiger partial charge is 0.392 e. The lowest BCUT2D eigenvalue weighted by atomic mass is 10.2. The van der Waals surface area contributed by atoms with Crippen molar-refractivity contribution in [1.82, 2.24) is 4.90 Å². The molecule has 0 aromatic rings. The third kappa shape index (κ3) is 3.92. The van der Waals surface area contributed by atoms with E-state index in [-0.39, 0.29) is 17.6 Å². The summed E-state index contributed by atoms with van der Waals surface area (Å²) >= 11 is 4.74. The Morgan fingerprint density at radius 3 is 2.33 bits per heavy atom. The normalized spacial score (nSPS) is 13.8. The van der Waals surface area contributed by atoms with Crippen molar-refractivity contribution >= 4 is 17.2 Å². The van der Waals surface area contributed by atoms with Crippen molar-refractivity contribution in [1.29, 1.82) is 0 Å². The van der Waals surface area contributed by atoms with Gasteiger partial charge in [0.05, 0.1) is 17.6 Å². The van der Waals surface area contributed by atoms with Crippen molar-refractivity contribution in [3.8, 4) is 0 Å². The van der Waals surface area contributed by atoms with Crippen molar-refractivity contribution in [2.24, 2.45) is 5.73 Å². The van der Waals surface area contributed by atoms with Gasteiger partial charge in [0, 0.05) is 0 Å². The summed E-state index contributed by atoms with van der Waals surface area (Å²) in [4.78, 5) is 1.76. The van der Waals surface area contributed by atoms with Crippen LogP contribution < -0.4 is 5.73 Å². The van der Waals surface area contributed by atoms with Crippen LogP contribution in [0.15, 0.2) is 0 Å². The SMILES string of the molecule is CCC(C(N)=S)N(C)CC(F)F. The fourth-order valence-electron chi connectivity index (χ4n) is 1.08. The first-order chi connectivity index (χ1) is 5.49. The summed E-state index contributed by atoms with van der Waals surface area (Å²) in [5, 5.41) is 0. The molecular weight excluding hydrogens is 182 g/mol. The average molecular weight is 196 g/mol. The van der Waals surface area contributed by atoms with Gasteiger partial charge in [-0.3, -0.25) is 4.90 Å². The van der Waals surface area contributed by atoms with Gasteiger partial charge in [-0.2, -0.15) is 0 Å². The third-order valence-electron chi connectivity index (χ3n) is 1.67. The van der Waals surface area contributed by atoms with Crippen molar-refractivity contribution in [3.63, 3.8) is 0 Å². The highest BCUT2D eigenvalue weighted by Crippen LogP contribution is 2.05. The highest BCUT2D eigenvalue weighted by Gasteiger charge is 2.18. The summed E-state index contributed by atoms with van der Waals surface area (Å²) in [6.07, 6.45) is -1.67. The van der Waals surface area contributed by atoms with E-state index >= 15 is 0 Å². The molecule has 0 saturated heterocycles. The van der Waals surface area contributed by atoms with Gasteiger partial charge in [-0.15, -0.1) is 0 Å². The Morgan fingerprint density at radius 1 is 1.58 bits per heavy atom. The summed E-state index contributed by atoms with van der Waals surface area (Å²) in [6.45, 7) is 1.58. The van der Waals surface area contributed by atoms with Crippen molar-refractivity contribution in [2.75, 3.05) is 13.6 Å².